The highest BCUT2D eigenvalue weighted by molar-refractivity contribution is 5.75. The minimum atomic E-state index is -0.225. The number of anilines is 1. The van der Waals surface area contributed by atoms with Crippen LogP contribution >= 0.6 is 0 Å². The first kappa shape index (κ1) is 23.2. The first-order chi connectivity index (χ1) is 16.9. The highest BCUT2D eigenvalue weighted by Crippen LogP contribution is 2.44. The number of carbonyl (C=O) groups excluding carboxylic acids is 1. The van der Waals surface area contributed by atoms with Gasteiger partial charge in [-0.1, -0.05) is 6.92 Å². The van der Waals surface area contributed by atoms with Crippen LogP contribution in [0.1, 0.15) is 57.5 Å². The van der Waals surface area contributed by atoms with E-state index in [1.54, 1.807) is 12.4 Å². The fraction of sp³-hybridized carbons (Fsp3) is 0.520. The smallest absolute Gasteiger partial charge is 0.317 e. The minimum absolute atomic E-state index is 0.0153. The van der Waals surface area contributed by atoms with Gasteiger partial charge in [-0.05, 0) is 51.3 Å². The Morgan fingerprint density at radius 1 is 1.29 bits per heavy atom. The summed E-state index contributed by atoms with van der Waals surface area (Å²) in [7, 11) is 0. The van der Waals surface area contributed by atoms with E-state index in [9.17, 15) is 4.79 Å². The molecule has 2 atom stereocenters. The van der Waals surface area contributed by atoms with Crippen LogP contribution in [0.15, 0.2) is 30.6 Å². The summed E-state index contributed by atoms with van der Waals surface area (Å²) >= 11 is 0. The maximum atomic E-state index is 12.4. The summed E-state index contributed by atoms with van der Waals surface area (Å²) in [6.07, 6.45) is 6.26. The first-order valence-electron chi connectivity index (χ1n) is 12.5. The number of aryl methyl sites for hydroxylation is 2. The lowest BCUT2D eigenvalue weighted by molar-refractivity contribution is 0.206. The molecular weight excluding hydrogens is 444 g/mol. The van der Waals surface area contributed by atoms with E-state index in [1.807, 2.05) is 35.6 Å². The number of nitrogens with zero attached hydrogens (tertiary/aromatic N) is 6. The largest absolute Gasteiger partial charge is 0.481 e. The zero-order chi connectivity index (χ0) is 24.6. The summed E-state index contributed by atoms with van der Waals surface area (Å²) in [5.41, 5.74) is 10.0. The van der Waals surface area contributed by atoms with Gasteiger partial charge in [0.1, 0.15) is 6.10 Å². The predicted molar refractivity (Wildman–Crippen MR) is 133 cm³/mol. The van der Waals surface area contributed by atoms with Crippen molar-refractivity contribution in [1.82, 2.24) is 34.8 Å². The van der Waals surface area contributed by atoms with E-state index in [0.717, 1.165) is 62.4 Å². The van der Waals surface area contributed by atoms with Gasteiger partial charge in [0.2, 0.25) is 0 Å². The topological polar surface area (TPSA) is 116 Å². The number of aromatic nitrogens is 5. The molecule has 0 radical (unpaired) electrons. The molecule has 10 heteroatoms. The van der Waals surface area contributed by atoms with Crippen LogP contribution in [0, 0.1) is 0 Å². The van der Waals surface area contributed by atoms with Gasteiger partial charge in [-0.2, -0.15) is 10.2 Å². The molecule has 0 bridgehead atoms. The van der Waals surface area contributed by atoms with Gasteiger partial charge in [0, 0.05) is 61.8 Å². The molecule has 5 rings (SSSR count). The van der Waals surface area contributed by atoms with Crippen molar-refractivity contribution in [2.24, 2.45) is 0 Å². The highest BCUT2D eigenvalue weighted by Gasteiger charge is 2.46. The summed E-state index contributed by atoms with van der Waals surface area (Å²) in [6, 6.07) is 6.05. The fourth-order valence-electron chi connectivity index (χ4n) is 5.35. The lowest BCUT2D eigenvalue weighted by atomic mass is 9.82. The summed E-state index contributed by atoms with van der Waals surface area (Å²) in [4.78, 5) is 18.7. The average Bonchev–Trinajstić information content (AvgIpc) is 3.62. The van der Waals surface area contributed by atoms with Gasteiger partial charge >= 0.3 is 6.03 Å². The molecule has 186 valence electrons. The van der Waals surface area contributed by atoms with Crippen LogP contribution in [-0.2, 0) is 18.5 Å². The Morgan fingerprint density at radius 3 is 2.91 bits per heavy atom. The van der Waals surface area contributed by atoms with E-state index in [1.165, 1.54) is 5.69 Å². The Hall–Kier alpha value is -3.56. The molecule has 3 aromatic rings. The normalized spacial score (nSPS) is 19.8. The molecule has 1 spiro atoms. The van der Waals surface area contributed by atoms with Crippen molar-refractivity contribution in [3.8, 4) is 17.0 Å². The molecule has 5 heterocycles. The molecule has 2 aliphatic heterocycles. The second-order valence-corrected chi connectivity index (χ2v) is 9.52. The number of ether oxygens (including phenoxy) is 1. The van der Waals surface area contributed by atoms with Crippen molar-refractivity contribution in [1.29, 1.82) is 0 Å². The van der Waals surface area contributed by atoms with E-state index in [4.69, 9.17) is 15.6 Å². The number of hydrogen-bond acceptors (Lipinski definition) is 6. The molecule has 0 aliphatic carbocycles. The maximum absolute atomic E-state index is 12.4. The second kappa shape index (κ2) is 9.24. The number of rotatable bonds is 7. The Labute approximate surface area is 205 Å². The Bertz CT molecular complexity index is 1220. The van der Waals surface area contributed by atoms with Crippen molar-refractivity contribution in [2.75, 3.05) is 25.4 Å². The lowest BCUT2D eigenvalue weighted by Gasteiger charge is -2.23. The monoisotopic (exact) mass is 478 g/mol. The highest BCUT2D eigenvalue weighted by atomic mass is 16.5. The third-order valence-corrected chi connectivity index (χ3v) is 7.18. The van der Waals surface area contributed by atoms with E-state index >= 15 is 0 Å². The van der Waals surface area contributed by atoms with Gasteiger partial charge in [-0.15, -0.1) is 0 Å². The van der Waals surface area contributed by atoms with Crippen molar-refractivity contribution in [3.05, 3.63) is 42.0 Å². The Morgan fingerprint density at radius 2 is 2.11 bits per heavy atom. The maximum Gasteiger partial charge on any atom is 0.317 e. The predicted octanol–water partition coefficient (Wildman–Crippen LogP) is 3.35. The van der Waals surface area contributed by atoms with Crippen LogP contribution in [0.4, 0.5) is 10.6 Å². The van der Waals surface area contributed by atoms with Crippen molar-refractivity contribution < 1.29 is 9.53 Å². The number of fused-ring (bicyclic) bond motifs is 2. The third-order valence-electron chi connectivity index (χ3n) is 7.18. The van der Waals surface area contributed by atoms with Crippen LogP contribution in [0.25, 0.3) is 11.3 Å². The van der Waals surface area contributed by atoms with Gasteiger partial charge in [-0.3, -0.25) is 9.36 Å². The zero-order valence-electron chi connectivity index (χ0n) is 20.7. The van der Waals surface area contributed by atoms with Crippen LogP contribution in [0.5, 0.6) is 5.75 Å². The number of hydrogen-bond donors (Lipinski definition) is 2. The van der Waals surface area contributed by atoms with Gasteiger partial charge in [0.15, 0.2) is 11.6 Å². The van der Waals surface area contributed by atoms with E-state index < -0.39 is 0 Å². The number of pyridine rings is 1. The van der Waals surface area contributed by atoms with Gasteiger partial charge in [0.05, 0.1) is 11.4 Å². The summed E-state index contributed by atoms with van der Waals surface area (Å²) in [6.45, 7) is 9.87. The number of urea groups is 1. The molecule has 2 aliphatic rings. The average molecular weight is 479 g/mol. The lowest BCUT2D eigenvalue weighted by Crippen LogP contribution is -2.40. The number of likely N-dealkylation sites (tertiary alicyclic amines) is 1. The van der Waals surface area contributed by atoms with Crippen molar-refractivity contribution in [3.63, 3.8) is 0 Å². The molecule has 3 N–H and O–H groups in total. The number of amides is 2. The molecule has 2 amide bonds. The number of carbonyl (C=O) groups is 1. The fourth-order valence-corrected chi connectivity index (χ4v) is 5.35. The van der Waals surface area contributed by atoms with Crippen LogP contribution < -0.4 is 15.8 Å². The number of nitrogens with two attached hydrogens (primary N) is 1. The van der Waals surface area contributed by atoms with Gasteiger partial charge < -0.3 is 20.7 Å². The summed E-state index contributed by atoms with van der Waals surface area (Å²) in [5, 5.41) is 12.2. The molecule has 0 saturated carbocycles. The first-order valence-corrected chi connectivity index (χ1v) is 12.5. The molecule has 10 nitrogen and oxygen atoms in total. The Kier molecular flexibility index (Phi) is 6.12. The number of nitrogen functional groups attached to an aromatic ring is 1. The molecule has 1 unspecified atom stereocenters. The minimum Gasteiger partial charge on any atom is -0.481 e. The van der Waals surface area contributed by atoms with Crippen molar-refractivity contribution >= 4 is 11.8 Å². The summed E-state index contributed by atoms with van der Waals surface area (Å²) < 4.78 is 10.3. The van der Waals surface area contributed by atoms with Gasteiger partial charge in [-0.25, -0.2) is 9.78 Å². The summed E-state index contributed by atoms with van der Waals surface area (Å²) in [5.74, 6) is 0.879. The molecule has 1 fully saturated rings. The SMILES string of the molecule is CCCn1nccc1C(C)Oc1cc(-c2cc3n(n2)CC[C@@]32CCN(C(=O)NCC)C2)cnc1N. The molecule has 3 aromatic heterocycles. The second-order valence-electron chi connectivity index (χ2n) is 9.52. The van der Waals surface area contributed by atoms with E-state index in [0.29, 0.717) is 18.1 Å². The van der Waals surface area contributed by atoms with Gasteiger partial charge in [0.25, 0.3) is 0 Å². The third kappa shape index (κ3) is 4.21. The van der Waals surface area contributed by atoms with E-state index in [2.05, 4.69) is 33.1 Å². The molecule has 0 aromatic carbocycles. The molecule has 1 saturated heterocycles. The standard InChI is InChI=1S/C25H34N8O2/c1-4-10-32-20(6-9-29-32)17(3)35-21-13-18(15-28-23(21)26)19-14-22-25(8-12-33(22)30-19)7-11-31(16-25)24(34)27-5-2/h6,9,13-15,17H,4-5,7-8,10-12,16H2,1-3H3,(H2,26,28)(H,27,34)/t17?,25-/m1/s1. The Balaban J connectivity index is 1.37. The van der Waals surface area contributed by atoms with Crippen LogP contribution in [0.3, 0.4) is 0 Å². The van der Waals surface area contributed by atoms with Crippen LogP contribution in [0.2, 0.25) is 0 Å². The molecular formula is C25H34N8O2. The molecule has 35 heavy (non-hydrogen) atoms. The zero-order valence-corrected chi connectivity index (χ0v) is 20.7. The van der Waals surface area contributed by atoms with Crippen molar-refractivity contribution in [2.45, 2.75) is 64.6 Å². The van der Waals surface area contributed by atoms with Crippen LogP contribution in [-0.4, -0.2) is 55.1 Å². The van der Waals surface area contributed by atoms with E-state index in [-0.39, 0.29) is 17.6 Å². The quantitative estimate of drug-likeness (QED) is 0.538. The number of nitrogens with one attached hydrogen (secondary N) is 1.